The number of fused-ring (bicyclic) bond motifs is 3. The largest absolute Gasteiger partial charge is 0.354 e. The number of nitrogens with zero attached hydrogens (tertiary/aromatic N) is 2. The molecule has 0 unspecified atom stereocenters. The minimum atomic E-state index is -0.0941. The number of aromatic nitrogens is 3. The summed E-state index contributed by atoms with van der Waals surface area (Å²) in [6.45, 7) is 2.36. The second-order valence-electron chi connectivity index (χ2n) is 5.83. The summed E-state index contributed by atoms with van der Waals surface area (Å²) >= 11 is 0. The number of amides is 1. The number of H-pyrrole nitrogens is 1. The zero-order valence-corrected chi connectivity index (χ0v) is 13.4. The second kappa shape index (κ2) is 5.85. The van der Waals surface area contributed by atoms with E-state index in [-0.39, 0.29) is 12.5 Å². The highest BCUT2D eigenvalue weighted by Gasteiger charge is 2.09. The molecule has 2 aromatic carbocycles. The summed E-state index contributed by atoms with van der Waals surface area (Å²) in [4.78, 5) is 15.6. The lowest BCUT2D eigenvalue weighted by molar-refractivity contribution is -0.116. The third kappa shape index (κ3) is 2.54. The predicted molar refractivity (Wildman–Crippen MR) is 96.0 cm³/mol. The number of rotatable bonds is 4. The molecule has 5 heteroatoms. The summed E-state index contributed by atoms with van der Waals surface area (Å²) < 4.78 is 1.60. The Kier molecular flexibility index (Phi) is 3.54. The van der Waals surface area contributed by atoms with Gasteiger partial charge < -0.3 is 10.3 Å². The van der Waals surface area contributed by atoms with Gasteiger partial charge >= 0.3 is 0 Å². The Morgan fingerprint density at radius 1 is 1.21 bits per heavy atom. The van der Waals surface area contributed by atoms with Gasteiger partial charge in [-0.25, -0.2) is 0 Å². The number of hydrogen-bond donors (Lipinski definition) is 2. The van der Waals surface area contributed by atoms with E-state index in [1.54, 1.807) is 23.1 Å². The van der Waals surface area contributed by atoms with Crippen LogP contribution in [0.3, 0.4) is 0 Å². The van der Waals surface area contributed by atoms with E-state index < -0.39 is 0 Å². The average molecular weight is 318 g/mol. The quantitative estimate of drug-likeness (QED) is 0.602. The number of benzene rings is 2. The second-order valence-corrected chi connectivity index (χ2v) is 5.83. The molecule has 0 saturated carbocycles. The maximum atomic E-state index is 12.1. The van der Waals surface area contributed by atoms with Crippen LogP contribution in [0, 0.1) is 0 Å². The van der Waals surface area contributed by atoms with Crippen LogP contribution in [0.5, 0.6) is 0 Å². The van der Waals surface area contributed by atoms with Gasteiger partial charge in [0.25, 0.3) is 0 Å². The molecule has 2 N–H and O–H groups in total. The van der Waals surface area contributed by atoms with Crippen molar-refractivity contribution in [3.05, 3.63) is 60.4 Å². The van der Waals surface area contributed by atoms with Crippen molar-refractivity contribution < 1.29 is 4.79 Å². The van der Waals surface area contributed by atoms with Crippen molar-refractivity contribution in [2.24, 2.45) is 0 Å². The van der Waals surface area contributed by atoms with Crippen molar-refractivity contribution in [1.29, 1.82) is 0 Å². The number of hydrogen-bond acceptors (Lipinski definition) is 2. The van der Waals surface area contributed by atoms with E-state index in [2.05, 4.69) is 46.6 Å². The smallest absolute Gasteiger partial charge is 0.246 e. The van der Waals surface area contributed by atoms with Crippen LogP contribution in [0.25, 0.3) is 21.8 Å². The van der Waals surface area contributed by atoms with Gasteiger partial charge in [0, 0.05) is 39.9 Å². The van der Waals surface area contributed by atoms with Gasteiger partial charge in [-0.1, -0.05) is 31.2 Å². The van der Waals surface area contributed by atoms with E-state index in [0.29, 0.717) is 0 Å². The van der Waals surface area contributed by atoms with Gasteiger partial charge in [0.2, 0.25) is 5.91 Å². The van der Waals surface area contributed by atoms with Gasteiger partial charge in [0.15, 0.2) is 0 Å². The monoisotopic (exact) mass is 318 g/mol. The van der Waals surface area contributed by atoms with E-state index in [4.69, 9.17) is 0 Å². The first-order chi connectivity index (χ1) is 11.7. The van der Waals surface area contributed by atoms with Gasteiger partial charge in [-0.05, 0) is 30.2 Å². The molecule has 1 amide bonds. The van der Waals surface area contributed by atoms with Gasteiger partial charge in [0.05, 0.1) is 0 Å². The number of aryl methyl sites for hydroxylation is 1. The van der Waals surface area contributed by atoms with E-state index in [9.17, 15) is 4.79 Å². The summed E-state index contributed by atoms with van der Waals surface area (Å²) in [5.74, 6) is -0.0941. The first-order valence-electron chi connectivity index (χ1n) is 8.05. The van der Waals surface area contributed by atoms with Crippen LogP contribution in [0.2, 0.25) is 0 Å². The number of anilines is 1. The molecule has 0 spiro atoms. The highest BCUT2D eigenvalue weighted by molar-refractivity contribution is 6.09. The molecule has 4 rings (SSSR count). The number of carbonyl (C=O) groups is 1. The van der Waals surface area contributed by atoms with E-state index in [0.717, 1.165) is 17.6 Å². The van der Waals surface area contributed by atoms with Crippen LogP contribution in [-0.2, 0) is 17.8 Å². The summed E-state index contributed by atoms with van der Waals surface area (Å²) in [6.07, 6.45) is 4.42. The zero-order chi connectivity index (χ0) is 16.5. The van der Waals surface area contributed by atoms with Gasteiger partial charge in [-0.2, -0.15) is 5.10 Å². The minimum absolute atomic E-state index is 0.0941. The predicted octanol–water partition coefficient (Wildman–Crippen LogP) is 3.72. The number of aromatic amines is 1. The normalized spacial score (nSPS) is 11.2. The first-order valence-corrected chi connectivity index (χ1v) is 8.05. The van der Waals surface area contributed by atoms with Crippen molar-refractivity contribution in [2.75, 3.05) is 5.32 Å². The molecule has 0 fully saturated rings. The molecule has 24 heavy (non-hydrogen) atoms. The molecule has 0 radical (unpaired) electrons. The fourth-order valence-electron chi connectivity index (χ4n) is 3.10. The summed E-state index contributed by atoms with van der Waals surface area (Å²) in [5, 5.41) is 9.36. The van der Waals surface area contributed by atoms with Crippen molar-refractivity contribution in [3.63, 3.8) is 0 Å². The third-order valence-electron chi connectivity index (χ3n) is 4.25. The lowest BCUT2D eigenvalue weighted by atomic mass is 10.1. The Bertz CT molecular complexity index is 1010. The number of carbonyl (C=O) groups excluding carboxylic acids is 1. The molecule has 4 aromatic rings. The molecule has 120 valence electrons. The minimum Gasteiger partial charge on any atom is -0.354 e. The Balaban J connectivity index is 1.65. The van der Waals surface area contributed by atoms with Gasteiger partial charge in [0.1, 0.15) is 6.54 Å². The molecule has 0 bridgehead atoms. The van der Waals surface area contributed by atoms with Gasteiger partial charge in [-0.3, -0.25) is 9.48 Å². The Labute approximate surface area is 139 Å². The highest BCUT2D eigenvalue weighted by atomic mass is 16.2. The van der Waals surface area contributed by atoms with Crippen LogP contribution >= 0.6 is 0 Å². The maximum absolute atomic E-state index is 12.1. The Morgan fingerprint density at radius 3 is 2.92 bits per heavy atom. The van der Waals surface area contributed by atoms with Crippen LogP contribution in [0.15, 0.2) is 54.9 Å². The van der Waals surface area contributed by atoms with Crippen LogP contribution in [0.1, 0.15) is 12.5 Å². The molecule has 2 aromatic heterocycles. The Hall–Kier alpha value is -3.08. The standard InChI is InChI=1S/C19H18N4O/c1-2-13-5-3-6-16-15-8-7-14(11-17(15)22-19(13)16)21-18(24)12-23-10-4-9-20-23/h3-11,22H,2,12H2,1H3,(H,21,24). The fraction of sp³-hybridized carbons (Fsp3) is 0.158. The highest BCUT2D eigenvalue weighted by Crippen LogP contribution is 2.29. The zero-order valence-electron chi connectivity index (χ0n) is 13.4. The first kappa shape index (κ1) is 14.5. The fourth-order valence-corrected chi connectivity index (χ4v) is 3.10. The molecule has 5 nitrogen and oxygen atoms in total. The summed E-state index contributed by atoms with van der Waals surface area (Å²) in [6, 6.07) is 14.1. The molecule has 0 aliphatic rings. The molecule has 2 heterocycles. The lowest BCUT2D eigenvalue weighted by Gasteiger charge is -2.05. The summed E-state index contributed by atoms with van der Waals surface area (Å²) in [7, 11) is 0. The SMILES string of the molecule is CCc1cccc2c1[nH]c1cc(NC(=O)Cn3cccn3)ccc12. The molecular weight excluding hydrogens is 300 g/mol. The number of nitrogens with one attached hydrogen (secondary N) is 2. The third-order valence-corrected chi connectivity index (χ3v) is 4.25. The van der Waals surface area contributed by atoms with E-state index in [1.807, 2.05) is 12.1 Å². The summed E-state index contributed by atoms with van der Waals surface area (Å²) in [5.41, 5.74) is 4.29. The van der Waals surface area contributed by atoms with E-state index in [1.165, 1.54) is 21.9 Å². The van der Waals surface area contributed by atoms with Crippen LogP contribution in [-0.4, -0.2) is 20.7 Å². The maximum Gasteiger partial charge on any atom is 0.246 e. The average Bonchev–Trinajstić information content (AvgIpc) is 3.21. The van der Waals surface area contributed by atoms with Crippen LogP contribution < -0.4 is 5.32 Å². The number of para-hydroxylation sites is 1. The molecule has 0 saturated heterocycles. The molecule has 0 atom stereocenters. The molecular formula is C19H18N4O. The van der Waals surface area contributed by atoms with Crippen molar-refractivity contribution in [2.45, 2.75) is 19.9 Å². The van der Waals surface area contributed by atoms with Crippen molar-refractivity contribution >= 4 is 33.4 Å². The lowest BCUT2D eigenvalue weighted by Crippen LogP contribution is -2.18. The molecule has 0 aliphatic carbocycles. The molecule has 0 aliphatic heterocycles. The van der Waals surface area contributed by atoms with Crippen molar-refractivity contribution in [3.8, 4) is 0 Å². The van der Waals surface area contributed by atoms with Crippen molar-refractivity contribution in [1.82, 2.24) is 14.8 Å². The van der Waals surface area contributed by atoms with Crippen LogP contribution in [0.4, 0.5) is 5.69 Å². The van der Waals surface area contributed by atoms with Gasteiger partial charge in [-0.15, -0.1) is 0 Å². The van der Waals surface area contributed by atoms with E-state index >= 15 is 0 Å². The Morgan fingerprint density at radius 2 is 2.12 bits per heavy atom. The topological polar surface area (TPSA) is 62.7 Å².